The number of aryl methyl sites for hydroxylation is 1. The van der Waals surface area contributed by atoms with Crippen molar-refractivity contribution in [3.05, 3.63) is 64.7 Å². The Morgan fingerprint density at radius 3 is 2.74 bits per heavy atom. The van der Waals surface area contributed by atoms with Crippen LogP contribution in [0.4, 0.5) is 0 Å². The van der Waals surface area contributed by atoms with E-state index in [0.29, 0.717) is 6.61 Å². The predicted octanol–water partition coefficient (Wildman–Crippen LogP) is 3.48. The molecule has 1 aliphatic heterocycles. The third kappa shape index (κ3) is 2.02. The van der Waals surface area contributed by atoms with Crippen LogP contribution in [-0.4, -0.2) is 6.61 Å². The van der Waals surface area contributed by atoms with Gasteiger partial charge < -0.3 is 10.5 Å². The van der Waals surface area contributed by atoms with Gasteiger partial charge in [0.05, 0.1) is 6.61 Å². The molecule has 0 radical (unpaired) electrons. The number of ether oxygens (including phenoxy) is 1. The van der Waals surface area contributed by atoms with Gasteiger partial charge in [0, 0.05) is 17.5 Å². The molecule has 2 heteroatoms. The molecule has 98 valence electrons. The third-order valence-corrected chi connectivity index (χ3v) is 4.18. The van der Waals surface area contributed by atoms with E-state index in [1.807, 2.05) is 12.1 Å². The van der Waals surface area contributed by atoms with Crippen LogP contribution >= 0.6 is 0 Å². The highest BCUT2D eigenvalue weighted by atomic mass is 16.5. The van der Waals surface area contributed by atoms with E-state index in [9.17, 15) is 0 Å². The highest BCUT2D eigenvalue weighted by Crippen LogP contribution is 2.40. The van der Waals surface area contributed by atoms with Gasteiger partial charge in [-0.05, 0) is 36.6 Å². The van der Waals surface area contributed by atoms with Crippen molar-refractivity contribution in [2.24, 2.45) is 5.73 Å². The second-order valence-corrected chi connectivity index (χ2v) is 5.27. The minimum atomic E-state index is -0.0106. The first kappa shape index (κ1) is 12.2. The van der Waals surface area contributed by atoms with Crippen molar-refractivity contribution >= 4 is 0 Å². The molecule has 0 aliphatic carbocycles. The molecule has 0 aromatic heterocycles. The highest BCUT2D eigenvalue weighted by Gasteiger charge is 2.30. The summed E-state index contributed by atoms with van der Waals surface area (Å²) in [6.45, 7) is 4.95. The first-order valence-corrected chi connectivity index (χ1v) is 6.72. The summed E-state index contributed by atoms with van der Waals surface area (Å²) >= 11 is 0. The van der Waals surface area contributed by atoms with Gasteiger partial charge in [-0.3, -0.25) is 0 Å². The fourth-order valence-corrected chi connectivity index (χ4v) is 2.84. The van der Waals surface area contributed by atoms with Gasteiger partial charge >= 0.3 is 0 Å². The lowest BCUT2D eigenvalue weighted by atomic mass is 9.86. The Labute approximate surface area is 114 Å². The summed E-state index contributed by atoms with van der Waals surface area (Å²) in [7, 11) is 0. The summed E-state index contributed by atoms with van der Waals surface area (Å²) in [4.78, 5) is 0. The van der Waals surface area contributed by atoms with E-state index in [2.05, 4.69) is 44.2 Å². The minimum Gasteiger partial charge on any atom is -0.493 e. The van der Waals surface area contributed by atoms with E-state index < -0.39 is 0 Å². The molecule has 0 saturated carbocycles. The van der Waals surface area contributed by atoms with Crippen LogP contribution in [0.1, 0.15) is 34.2 Å². The number of para-hydroxylation sites is 1. The molecule has 0 bridgehead atoms. The van der Waals surface area contributed by atoms with Gasteiger partial charge in [0.15, 0.2) is 0 Å². The Hall–Kier alpha value is -1.80. The van der Waals surface area contributed by atoms with Crippen molar-refractivity contribution < 1.29 is 4.74 Å². The third-order valence-electron chi connectivity index (χ3n) is 4.18. The van der Waals surface area contributed by atoms with Crippen LogP contribution < -0.4 is 10.5 Å². The Bertz CT molecular complexity index is 606. The Balaban J connectivity index is 1.98. The van der Waals surface area contributed by atoms with E-state index in [0.717, 1.165) is 5.75 Å². The summed E-state index contributed by atoms with van der Waals surface area (Å²) in [5, 5.41) is 0. The molecule has 1 heterocycles. The lowest BCUT2D eigenvalue weighted by Crippen LogP contribution is -2.22. The van der Waals surface area contributed by atoms with Crippen LogP contribution in [0.3, 0.4) is 0 Å². The average molecular weight is 253 g/mol. The van der Waals surface area contributed by atoms with Crippen LogP contribution in [0.25, 0.3) is 0 Å². The topological polar surface area (TPSA) is 35.2 Å². The Morgan fingerprint density at radius 2 is 1.89 bits per heavy atom. The van der Waals surface area contributed by atoms with Gasteiger partial charge in [0.2, 0.25) is 0 Å². The molecule has 2 N–H and O–H groups in total. The first-order chi connectivity index (χ1) is 9.18. The molecule has 0 fully saturated rings. The van der Waals surface area contributed by atoms with Crippen LogP contribution in [0.2, 0.25) is 0 Å². The van der Waals surface area contributed by atoms with Crippen LogP contribution in [0, 0.1) is 13.8 Å². The van der Waals surface area contributed by atoms with E-state index >= 15 is 0 Å². The maximum Gasteiger partial charge on any atom is 0.122 e. The molecule has 0 amide bonds. The van der Waals surface area contributed by atoms with Gasteiger partial charge in [-0.15, -0.1) is 0 Å². The molecule has 0 spiro atoms. The van der Waals surface area contributed by atoms with Crippen molar-refractivity contribution in [3.8, 4) is 5.75 Å². The average Bonchev–Trinajstić information content (AvgIpc) is 2.85. The van der Waals surface area contributed by atoms with Crippen molar-refractivity contribution in [1.29, 1.82) is 0 Å². The summed E-state index contributed by atoms with van der Waals surface area (Å²) in [6, 6.07) is 14.5. The molecule has 19 heavy (non-hydrogen) atoms. The van der Waals surface area contributed by atoms with Gasteiger partial charge in [0.1, 0.15) is 5.75 Å². The zero-order chi connectivity index (χ0) is 13.4. The molecular weight excluding hydrogens is 234 g/mol. The Morgan fingerprint density at radius 1 is 1.11 bits per heavy atom. The van der Waals surface area contributed by atoms with E-state index in [1.165, 1.54) is 22.3 Å². The van der Waals surface area contributed by atoms with Crippen LogP contribution in [0.5, 0.6) is 5.75 Å². The van der Waals surface area contributed by atoms with Gasteiger partial charge in [0.25, 0.3) is 0 Å². The Kier molecular flexibility index (Phi) is 3.03. The quantitative estimate of drug-likeness (QED) is 0.889. The van der Waals surface area contributed by atoms with Crippen LogP contribution in [-0.2, 0) is 0 Å². The normalized spacial score (nSPS) is 18.8. The summed E-state index contributed by atoms with van der Waals surface area (Å²) < 4.78 is 5.74. The fourth-order valence-electron chi connectivity index (χ4n) is 2.84. The first-order valence-electron chi connectivity index (χ1n) is 6.72. The van der Waals surface area contributed by atoms with Crippen molar-refractivity contribution in [2.45, 2.75) is 25.8 Å². The second kappa shape index (κ2) is 4.71. The second-order valence-electron chi connectivity index (χ2n) is 5.27. The molecule has 3 rings (SSSR count). The standard InChI is InChI=1S/C17H19NO/c1-11-6-5-8-13(12(11)2)17(18)15-10-19-16-9-4-3-7-14(15)16/h3-9,15,17H,10,18H2,1-2H3. The van der Waals surface area contributed by atoms with Gasteiger partial charge in [-0.25, -0.2) is 0 Å². The van der Waals surface area contributed by atoms with E-state index in [-0.39, 0.29) is 12.0 Å². The molecule has 2 aromatic carbocycles. The fraction of sp³-hybridized carbons (Fsp3) is 0.294. The number of nitrogens with two attached hydrogens (primary N) is 1. The lowest BCUT2D eigenvalue weighted by molar-refractivity contribution is 0.315. The molecule has 2 atom stereocenters. The smallest absolute Gasteiger partial charge is 0.122 e. The van der Waals surface area contributed by atoms with Crippen molar-refractivity contribution in [3.63, 3.8) is 0 Å². The lowest BCUT2D eigenvalue weighted by Gasteiger charge is -2.21. The number of benzene rings is 2. The summed E-state index contributed by atoms with van der Waals surface area (Å²) in [6.07, 6.45) is 0. The summed E-state index contributed by atoms with van der Waals surface area (Å²) in [5.41, 5.74) is 11.5. The molecule has 2 nitrogen and oxygen atoms in total. The summed E-state index contributed by atoms with van der Waals surface area (Å²) in [5.74, 6) is 1.23. The number of rotatable bonds is 2. The van der Waals surface area contributed by atoms with Crippen molar-refractivity contribution in [1.82, 2.24) is 0 Å². The number of fused-ring (bicyclic) bond motifs is 1. The largest absolute Gasteiger partial charge is 0.493 e. The van der Waals surface area contributed by atoms with E-state index in [4.69, 9.17) is 10.5 Å². The van der Waals surface area contributed by atoms with Gasteiger partial charge in [-0.2, -0.15) is 0 Å². The maximum absolute atomic E-state index is 6.50. The molecular formula is C17H19NO. The maximum atomic E-state index is 6.50. The molecule has 2 aromatic rings. The van der Waals surface area contributed by atoms with Gasteiger partial charge in [-0.1, -0.05) is 36.4 Å². The SMILES string of the molecule is Cc1cccc(C(N)C2COc3ccccc32)c1C. The van der Waals surface area contributed by atoms with Crippen molar-refractivity contribution in [2.75, 3.05) is 6.61 Å². The molecule has 1 aliphatic rings. The molecule has 0 saturated heterocycles. The number of hydrogen-bond acceptors (Lipinski definition) is 2. The minimum absolute atomic E-state index is 0.0106. The zero-order valence-corrected chi connectivity index (χ0v) is 11.4. The number of hydrogen-bond donors (Lipinski definition) is 1. The monoisotopic (exact) mass is 253 g/mol. The zero-order valence-electron chi connectivity index (χ0n) is 11.4. The predicted molar refractivity (Wildman–Crippen MR) is 77.5 cm³/mol. The van der Waals surface area contributed by atoms with E-state index in [1.54, 1.807) is 0 Å². The highest BCUT2D eigenvalue weighted by molar-refractivity contribution is 5.44. The molecule has 2 unspecified atom stereocenters. The van der Waals surface area contributed by atoms with Crippen LogP contribution in [0.15, 0.2) is 42.5 Å².